The molecule has 0 aliphatic carbocycles. The second-order valence-corrected chi connectivity index (χ2v) is 5.26. The SMILES string of the molecule is O=C(c1ncn[nH]1)N1CCC(Cc2ccccc2)CC1. The summed E-state index contributed by atoms with van der Waals surface area (Å²) in [5.74, 6) is 0.961. The number of aromatic nitrogens is 3. The zero-order valence-electron chi connectivity index (χ0n) is 11.3. The van der Waals surface area contributed by atoms with Gasteiger partial charge in [-0.1, -0.05) is 30.3 Å². The van der Waals surface area contributed by atoms with Crippen molar-refractivity contribution in [1.82, 2.24) is 20.1 Å². The molecule has 5 heteroatoms. The maximum absolute atomic E-state index is 12.1. The van der Waals surface area contributed by atoms with Crippen molar-refractivity contribution in [3.63, 3.8) is 0 Å². The van der Waals surface area contributed by atoms with Crippen molar-refractivity contribution in [1.29, 1.82) is 0 Å². The highest BCUT2D eigenvalue weighted by Crippen LogP contribution is 2.22. The Hall–Kier alpha value is -2.17. The van der Waals surface area contributed by atoms with E-state index >= 15 is 0 Å². The Kier molecular flexibility index (Phi) is 3.76. The molecule has 1 aromatic heterocycles. The highest BCUT2D eigenvalue weighted by atomic mass is 16.2. The number of H-pyrrole nitrogens is 1. The molecule has 0 bridgehead atoms. The Balaban J connectivity index is 1.53. The summed E-state index contributed by atoms with van der Waals surface area (Å²) in [6.07, 6.45) is 4.57. The molecule has 0 radical (unpaired) electrons. The summed E-state index contributed by atoms with van der Waals surface area (Å²) in [5, 5.41) is 6.36. The van der Waals surface area contributed by atoms with E-state index in [0.717, 1.165) is 32.4 Å². The minimum absolute atomic E-state index is 0.0411. The van der Waals surface area contributed by atoms with Crippen LogP contribution in [-0.4, -0.2) is 39.1 Å². The minimum atomic E-state index is -0.0411. The van der Waals surface area contributed by atoms with Crippen LogP contribution < -0.4 is 0 Å². The van der Waals surface area contributed by atoms with Gasteiger partial charge in [0.05, 0.1) is 0 Å². The van der Waals surface area contributed by atoms with E-state index in [4.69, 9.17) is 0 Å². The molecule has 104 valence electrons. The van der Waals surface area contributed by atoms with E-state index in [1.165, 1.54) is 11.9 Å². The zero-order valence-corrected chi connectivity index (χ0v) is 11.3. The first-order valence-electron chi connectivity index (χ1n) is 7.01. The fourth-order valence-corrected chi connectivity index (χ4v) is 2.75. The van der Waals surface area contributed by atoms with Gasteiger partial charge in [-0.2, -0.15) is 5.10 Å². The van der Waals surface area contributed by atoms with E-state index in [9.17, 15) is 4.79 Å². The average molecular weight is 270 g/mol. The van der Waals surface area contributed by atoms with Gasteiger partial charge in [0.25, 0.3) is 5.91 Å². The van der Waals surface area contributed by atoms with Gasteiger partial charge < -0.3 is 4.90 Å². The van der Waals surface area contributed by atoms with Gasteiger partial charge in [-0.25, -0.2) is 4.98 Å². The van der Waals surface area contributed by atoms with Gasteiger partial charge in [0, 0.05) is 13.1 Å². The number of carbonyl (C=O) groups is 1. The average Bonchev–Trinajstić information content (AvgIpc) is 3.03. The van der Waals surface area contributed by atoms with E-state index in [2.05, 4.69) is 39.4 Å². The third-order valence-electron chi connectivity index (χ3n) is 3.89. The van der Waals surface area contributed by atoms with Crippen molar-refractivity contribution in [2.45, 2.75) is 19.3 Å². The minimum Gasteiger partial charge on any atom is -0.336 e. The van der Waals surface area contributed by atoms with Gasteiger partial charge in [-0.05, 0) is 30.7 Å². The number of likely N-dealkylation sites (tertiary alicyclic amines) is 1. The summed E-state index contributed by atoms with van der Waals surface area (Å²) in [6, 6.07) is 10.6. The van der Waals surface area contributed by atoms with Gasteiger partial charge >= 0.3 is 0 Å². The van der Waals surface area contributed by atoms with E-state index in [0.29, 0.717) is 11.7 Å². The molecule has 0 saturated carbocycles. The molecule has 2 aromatic rings. The molecule has 1 amide bonds. The molecule has 3 rings (SSSR count). The first-order valence-corrected chi connectivity index (χ1v) is 7.01. The zero-order chi connectivity index (χ0) is 13.8. The quantitative estimate of drug-likeness (QED) is 0.926. The summed E-state index contributed by atoms with van der Waals surface area (Å²) in [7, 11) is 0. The topological polar surface area (TPSA) is 61.9 Å². The predicted octanol–water partition coefficient (Wildman–Crippen LogP) is 1.90. The normalized spacial score (nSPS) is 16.3. The lowest BCUT2D eigenvalue weighted by Crippen LogP contribution is -2.39. The molecule has 0 spiro atoms. The Labute approximate surface area is 118 Å². The van der Waals surface area contributed by atoms with Crippen LogP contribution in [0.2, 0.25) is 0 Å². The maximum Gasteiger partial charge on any atom is 0.291 e. The van der Waals surface area contributed by atoms with E-state index < -0.39 is 0 Å². The van der Waals surface area contributed by atoms with Gasteiger partial charge in [0.1, 0.15) is 6.33 Å². The van der Waals surface area contributed by atoms with Crippen LogP contribution in [0.3, 0.4) is 0 Å². The third-order valence-corrected chi connectivity index (χ3v) is 3.89. The molecular weight excluding hydrogens is 252 g/mol. The first-order chi connectivity index (χ1) is 9.83. The van der Waals surface area contributed by atoms with Crippen LogP contribution >= 0.6 is 0 Å². The number of amides is 1. The third kappa shape index (κ3) is 2.87. The molecule has 1 fully saturated rings. The molecule has 1 saturated heterocycles. The predicted molar refractivity (Wildman–Crippen MR) is 75.2 cm³/mol. The summed E-state index contributed by atoms with van der Waals surface area (Å²) in [4.78, 5) is 17.9. The molecule has 1 aliphatic rings. The number of benzene rings is 1. The number of nitrogens with one attached hydrogen (secondary N) is 1. The van der Waals surface area contributed by atoms with Crippen molar-refractivity contribution >= 4 is 5.91 Å². The maximum atomic E-state index is 12.1. The van der Waals surface area contributed by atoms with E-state index in [1.807, 2.05) is 11.0 Å². The van der Waals surface area contributed by atoms with Gasteiger partial charge in [0.15, 0.2) is 0 Å². The fourth-order valence-electron chi connectivity index (χ4n) is 2.75. The number of nitrogens with zero attached hydrogens (tertiary/aromatic N) is 3. The summed E-state index contributed by atoms with van der Waals surface area (Å²) < 4.78 is 0. The number of aromatic amines is 1. The molecule has 1 aliphatic heterocycles. The number of rotatable bonds is 3. The highest BCUT2D eigenvalue weighted by Gasteiger charge is 2.25. The van der Waals surface area contributed by atoms with Crippen molar-refractivity contribution < 1.29 is 4.79 Å². The molecule has 0 atom stereocenters. The van der Waals surface area contributed by atoms with Crippen LogP contribution in [0.5, 0.6) is 0 Å². The van der Waals surface area contributed by atoms with E-state index in [-0.39, 0.29) is 5.91 Å². The molecule has 2 heterocycles. The van der Waals surface area contributed by atoms with Crippen molar-refractivity contribution in [3.8, 4) is 0 Å². The number of hydrogen-bond donors (Lipinski definition) is 1. The van der Waals surface area contributed by atoms with Crippen molar-refractivity contribution in [2.24, 2.45) is 5.92 Å². The van der Waals surface area contributed by atoms with Gasteiger partial charge in [-0.3, -0.25) is 9.89 Å². The highest BCUT2D eigenvalue weighted by molar-refractivity contribution is 5.90. The van der Waals surface area contributed by atoms with Crippen LogP contribution in [0.25, 0.3) is 0 Å². The fraction of sp³-hybridized carbons (Fsp3) is 0.400. The van der Waals surface area contributed by atoms with Gasteiger partial charge in [-0.15, -0.1) is 0 Å². The smallest absolute Gasteiger partial charge is 0.291 e. The number of hydrogen-bond acceptors (Lipinski definition) is 3. The van der Waals surface area contributed by atoms with E-state index in [1.54, 1.807) is 0 Å². The van der Waals surface area contributed by atoms with Crippen LogP contribution in [0.15, 0.2) is 36.7 Å². The molecule has 5 nitrogen and oxygen atoms in total. The number of piperidine rings is 1. The first kappa shape index (κ1) is 12.8. The molecule has 1 aromatic carbocycles. The summed E-state index contributed by atoms with van der Waals surface area (Å²) in [6.45, 7) is 1.61. The van der Waals surface area contributed by atoms with Crippen LogP contribution in [0.4, 0.5) is 0 Å². The lowest BCUT2D eigenvalue weighted by atomic mass is 9.90. The summed E-state index contributed by atoms with van der Waals surface area (Å²) >= 11 is 0. The number of carbonyl (C=O) groups excluding carboxylic acids is 1. The molecular formula is C15H18N4O. The van der Waals surface area contributed by atoms with Crippen LogP contribution in [0, 0.1) is 5.92 Å². The van der Waals surface area contributed by atoms with Crippen LogP contribution in [-0.2, 0) is 6.42 Å². The molecule has 20 heavy (non-hydrogen) atoms. The lowest BCUT2D eigenvalue weighted by Gasteiger charge is -2.31. The lowest BCUT2D eigenvalue weighted by molar-refractivity contribution is 0.0678. The standard InChI is InChI=1S/C15H18N4O/c20-15(14-16-11-17-18-14)19-8-6-13(7-9-19)10-12-4-2-1-3-5-12/h1-5,11,13H,6-10H2,(H,16,17,18). The van der Waals surface area contributed by atoms with Gasteiger partial charge in [0.2, 0.25) is 5.82 Å². The Bertz CT molecular complexity index is 545. The van der Waals surface area contributed by atoms with Crippen LogP contribution in [0.1, 0.15) is 29.0 Å². The second kappa shape index (κ2) is 5.86. The Morgan fingerprint density at radius 3 is 2.65 bits per heavy atom. The monoisotopic (exact) mass is 270 g/mol. The largest absolute Gasteiger partial charge is 0.336 e. The summed E-state index contributed by atoms with van der Waals surface area (Å²) in [5.41, 5.74) is 1.38. The second-order valence-electron chi connectivity index (χ2n) is 5.26. The Morgan fingerprint density at radius 2 is 2.00 bits per heavy atom. The van der Waals surface area contributed by atoms with Crippen molar-refractivity contribution in [2.75, 3.05) is 13.1 Å². The molecule has 1 N–H and O–H groups in total. The Morgan fingerprint density at radius 1 is 1.25 bits per heavy atom. The molecule has 0 unspecified atom stereocenters. The van der Waals surface area contributed by atoms with Crippen molar-refractivity contribution in [3.05, 3.63) is 48.0 Å².